The van der Waals surface area contributed by atoms with Gasteiger partial charge in [0.1, 0.15) is 0 Å². The van der Waals surface area contributed by atoms with Crippen LogP contribution in [-0.4, -0.2) is 43.6 Å². The average molecular weight is 1150 g/mol. The Hall–Kier alpha value is -11.3. The van der Waals surface area contributed by atoms with Gasteiger partial charge in [0.25, 0.3) is 0 Å². The van der Waals surface area contributed by atoms with Crippen LogP contribution in [0.3, 0.4) is 0 Å². The molecule has 0 amide bonds. The number of pyridine rings is 3. The first-order valence-corrected chi connectivity index (χ1v) is 29.4. The second-order valence-electron chi connectivity index (χ2n) is 20.4. The van der Waals surface area contributed by atoms with E-state index < -0.39 is 0 Å². The third kappa shape index (κ3) is 13.4. The van der Waals surface area contributed by atoms with Gasteiger partial charge in [-0.1, -0.05) is 131 Å². The van der Waals surface area contributed by atoms with Crippen molar-refractivity contribution in [2.75, 3.05) is 7.05 Å². The molecule has 0 bridgehead atoms. The van der Waals surface area contributed by atoms with Gasteiger partial charge in [-0.15, -0.1) is 5.73 Å². The highest BCUT2D eigenvalue weighted by Crippen LogP contribution is 2.41. The van der Waals surface area contributed by atoms with Crippen molar-refractivity contribution in [1.82, 2.24) is 29.4 Å². The van der Waals surface area contributed by atoms with Crippen molar-refractivity contribution >= 4 is 79.6 Å². The summed E-state index contributed by atoms with van der Waals surface area (Å²) in [6.45, 7) is 21.3. The normalized spacial score (nSPS) is 11.9. The Morgan fingerprint density at radius 3 is 1.82 bits per heavy atom. The van der Waals surface area contributed by atoms with Gasteiger partial charge in [-0.3, -0.25) is 15.0 Å². The molecule has 5 heterocycles. The van der Waals surface area contributed by atoms with Crippen LogP contribution < -0.4 is 5.32 Å². The average Bonchev–Trinajstić information content (AvgIpc) is 1.69. The van der Waals surface area contributed by atoms with E-state index in [2.05, 4.69) is 246 Å². The van der Waals surface area contributed by atoms with E-state index in [1.807, 2.05) is 101 Å². The zero-order valence-corrected chi connectivity index (χ0v) is 50.8. The van der Waals surface area contributed by atoms with Crippen LogP contribution >= 0.6 is 0 Å². The Morgan fingerprint density at radius 2 is 1.19 bits per heavy atom. The fraction of sp³-hybridized carbons (Fsp3) is 0.0750. The number of aryl methyl sites for hydroxylation is 1. The van der Waals surface area contributed by atoms with Crippen LogP contribution in [0.2, 0.25) is 0 Å². The number of hydrogen-bond donors (Lipinski definition) is 3. The van der Waals surface area contributed by atoms with Gasteiger partial charge >= 0.3 is 0 Å². The summed E-state index contributed by atoms with van der Waals surface area (Å²) in [6, 6.07) is 59.2. The highest BCUT2D eigenvalue weighted by atomic mass is 15.0. The molecule has 3 N–H and O–H groups in total. The summed E-state index contributed by atoms with van der Waals surface area (Å²) >= 11 is 0. The fourth-order valence-electron chi connectivity index (χ4n) is 11.0. The number of fused-ring (bicyclic) bond motifs is 4. The molecule has 432 valence electrons. The van der Waals surface area contributed by atoms with E-state index in [9.17, 15) is 0 Å². The molecule has 6 aromatic carbocycles. The maximum atomic E-state index is 6.21. The van der Waals surface area contributed by atoms with Gasteiger partial charge in [0.05, 0.1) is 27.9 Å². The first-order valence-electron chi connectivity index (χ1n) is 29.4. The predicted molar refractivity (Wildman–Crippen MR) is 378 cm³/mol. The Kier molecular flexibility index (Phi) is 20.5. The molecule has 0 unspecified atom stereocenters. The minimum absolute atomic E-state index is 0.911. The van der Waals surface area contributed by atoms with E-state index >= 15 is 0 Å². The van der Waals surface area contributed by atoms with Crippen molar-refractivity contribution in [1.29, 1.82) is 10.8 Å². The SMILES string of the molecule is C=CC=N.C=CC=N.C=Cc1c(/C=C\C)c2cc(/C(C)=C/C(=C\NC)c3ccccn3)ccc2n1-c1cccc(-c2cccc(-n3c4ccc(-c5cccc(-c6cccnc6)c5)cc4c4cc(C5=CC(c6cccnc6)=CC=C=C5)cc(C)c43)c2)c1.CC. The second kappa shape index (κ2) is 29.5. The second-order valence-corrected chi connectivity index (χ2v) is 20.4. The van der Waals surface area contributed by atoms with Crippen LogP contribution in [0, 0.1) is 17.7 Å². The minimum atomic E-state index is 0.911. The topological polar surface area (TPSA) is 108 Å². The molecular formula is C80H72N8. The number of nitrogens with zero attached hydrogens (tertiary/aromatic N) is 5. The van der Waals surface area contributed by atoms with E-state index in [4.69, 9.17) is 10.8 Å². The van der Waals surface area contributed by atoms with Crippen molar-refractivity contribution in [2.24, 2.45) is 0 Å². The van der Waals surface area contributed by atoms with Gasteiger partial charge in [-0.2, -0.15) is 0 Å². The number of benzene rings is 6. The number of rotatable bonds is 15. The van der Waals surface area contributed by atoms with Gasteiger partial charge < -0.3 is 25.3 Å². The smallest absolute Gasteiger partial charge is 0.0716 e. The van der Waals surface area contributed by atoms with E-state index in [1.54, 1.807) is 0 Å². The maximum absolute atomic E-state index is 6.21. The maximum Gasteiger partial charge on any atom is 0.0716 e. The Bertz CT molecular complexity index is 4570. The Labute approximate surface area is 517 Å². The minimum Gasteiger partial charge on any atom is -0.393 e. The van der Waals surface area contributed by atoms with E-state index in [0.717, 1.165) is 130 Å². The fourth-order valence-corrected chi connectivity index (χ4v) is 11.0. The van der Waals surface area contributed by atoms with Gasteiger partial charge in [0.2, 0.25) is 0 Å². The summed E-state index contributed by atoms with van der Waals surface area (Å²) < 4.78 is 4.79. The van der Waals surface area contributed by atoms with E-state index in [0.29, 0.717) is 0 Å². The first-order chi connectivity index (χ1) is 43.2. The van der Waals surface area contributed by atoms with Crippen molar-refractivity contribution in [3.8, 4) is 44.8 Å². The predicted octanol–water partition coefficient (Wildman–Crippen LogP) is 20.4. The lowest BCUT2D eigenvalue weighted by molar-refractivity contribution is 1.10. The molecule has 0 radical (unpaired) electrons. The lowest BCUT2D eigenvalue weighted by Gasteiger charge is -2.14. The molecule has 88 heavy (non-hydrogen) atoms. The van der Waals surface area contributed by atoms with Crippen LogP contribution in [0.25, 0.3) is 112 Å². The molecule has 0 saturated carbocycles. The lowest BCUT2D eigenvalue weighted by Crippen LogP contribution is -1.98. The summed E-state index contributed by atoms with van der Waals surface area (Å²) in [5.41, 5.74) is 27.6. The Balaban J connectivity index is 0.000000862. The summed E-state index contributed by atoms with van der Waals surface area (Å²) in [5.74, 6) is 0. The van der Waals surface area contributed by atoms with Crippen molar-refractivity contribution in [3.05, 3.63) is 314 Å². The Morgan fingerprint density at radius 1 is 0.591 bits per heavy atom. The zero-order chi connectivity index (χ0) is 61.9. The molecule has 0 atom stereocenters. The number of allylic oxidation sites excluding steroid dienone is 11. The van der Waals surface area contributed by atoms with Gasteiger partial charge in [-0.05, 0) is 209 Å². The van der Waals surface area contributed by atoms with Crippen LogP contribution in [-0.2, 0) is 0 Å². The monoisotopic (exact) mass is 1140 g/mol. The summed E-state index contributed by atoms with van der Waals surface area (Å²) in [4.78, 5) is 13.5. The van der Waals surface area contributed by atoms with Crippen LogP contribution in [0.1, 0.15) is 66.9 Å². The molecule has 0 aliphatic heterocycles. The third-order valence-corrected chi connectivity index (χ3v) is 14.9. The van der Waals surface area contributed by atoms with Crippen molar-refractivity contribution in [3.63, 3.8) is 0 Å². The van der Waals surface area contributed by atoms with E-state index in [1.165, 1.54) is 34.0 Å². The molecule has 12 rings (SSSR count). The number of aromatic nitrogens is 5. The number of nitrogens with one attached hydrogen (secondary N) is 3. The summed E-state index contributed by atoms with van der Waals surface area (Å²) in [6.07, 6.45) is 33.3. The third-order valence-electron chi connectivity index (χ3n) is 14.9. The molecule has 0 saturated heterocycles. The van der Waals surface area contributed by atoms with Crippen LogP contribution in [0.15, 0.2) is 275 Å². The molecule has 11 aromatic rings. The molecule has 0 spiro atoms. The van der Waals surface area contributed by atoms with Gasteiger partial charge in [0.15, 0.2) is 0 Å². The first kappa shape index (κ1) is 61.3. The molecule has 0 fully saturated rings. The van der Waals surface area contributed by atoms with E-state index in [-0.39, 0.29) is 0 Å². The summed E-state index contributed by atoms with van der Waals surface area (Å²) in [5, 5.41) is 19.1. The highest BCUT2D eigenvalue weighted by molar-refractivity contribution is 6.13. The number of hydrogen-bond acceptors (Lipinski definition) is 6. The molecule has 1 aliphatic rings. The van der Waals surface area contributed by atoms with Gasteiger partial charge in [0, 0.05) is 106 Å². The van der Waals surface area contributed by atoms with Crippen LogP contribution in [0.4, 0.5) is 0 Å². The quantitative estimate of drug-likeness (QED) is 0.0540. The van der Waals surface area contributed by atoms with Crippen LogP contribution in [0.5, 0.6) is 0 Å². The highest BCUT2D eigenvalue weighted by Gasteiger charge is 2.20. The molecule has 8 nitrogen and oxygen atoms in total. The lowest BCUT2D eigenvalue weighted by atomic mass is 9.95. The molecule has 8 heteroatoms. The molecule has 1 aliphatic carbocycles. The molecular weight excluding hydrogens is 1070 g/mol. The van der Waals surface area contributed by atoms with Gasteiger partial charge in [-0.25, -0.2) is 0 Å². The standard InChI is InChI=1S/C72H56N6.2C3H5N.C2H6/c1-6-17-64-65-42-50(48(3)36-61(45-73-5)68-28-10-11-35-76-68)29-31-70(65)77(69(64)7-2)62-26-13-22-55(40-62)56-23-14-27-63(41-56)78-71-32-30-57(51-20-12-21-53(38-51)59-25-16-34-75-47-59)43-66(71)67-44-60(37-49(4)72(67)78)54-19-9-8-18-52(39-54)58-24-15-33-74-46-58;2*1-2-3-4;1-2/h6-8,10-47,73H,2H2,1,3-5H3;2*2-4H,1H2;1-2H3/b17-6-,48-36+,61-45+;;;. The zero-order valence-electron chi connectivity index (χ0n) is 50.8. The largest absolute Gasteiger partial charge is 0.393 e. The van der Waals surface area contributed by atoms with Crippen molar-refractivity contribution < 1.29 is 0 Å². The summed E-state index contributed by atoms with van der Waals surface area (Å²) in [7, 11) is 1.92. The van der Waals surface area contributed by atoms with Crippen molar-refractivity contribution in [2.45, 2.75) is 34.6 Å². The molecule has 5 aromatic heterocycles.